The number of carbonyl (C=O) groups excluding carboxylic acids is 2. The number of ether oxygens (including phenoxy) is 2. The third-order valence-corrected chi connectivity index (χ3v) is 3.13. The fourth-order valence-electron chi connectivity index (χ4n) is 1.79. The Morgan fingerprint density at radius 3 is 1.86 bits per heavy atom. The molecular weight excluding hydrogens is 282 g/mol. The van der Waals surface area contributed by atoms with Crippen molar-refractivity contribution in [3.8, 4) is 0 Å². The zero-order valence-electron chi connectivity index (χ0n) is 14.3. The summed E-state index contributed by atoms with van der Waals surface area (Å²) in [5.41, 5.74) is 0. The highest BCUT2D eigenvalue weighted by atomic mass is 16.5. The number of esters is 2. The first kappa shape index (κ1) is 20.6. The molecule has 128 valence electrons. The van der Waals surface area contributed by atoms with Crippen LogP contribution in [0.4, 0.5) is 0 Å². The summed E-state index contributed by atoms with van der Waals surface area (Å²) in [6.07, 6.45) is 10.5. The number of unbranched alkanes of at least 4 members (excludes halogenated alkanes) is 6. The van der Waals surface area contributed by atoms with Crippen LogP contribution < -0.4 is 0 Å². The molecule has 0 saturated carbocycles. The molecule has 0 aliphatic rings. The highest BCUT2D eigenvalue weighted by molar-refractivity contribution is 5.91. The van der Waals surface area contributed by atoms with Gasteiger partial charge in [0, 0.05) is 18.7 Å². The molecule has 22 heavy (non-hydrogen) atoms. The first-order chi connectivity index (χ1) is 10.6. The van der Waals surface area contributed by atoms with Crippen LogP contribution in [0.2, 0.25) is 0 Å². The van der Waals surface area contributed by atoms with E-state index in [0.29, 0.717) is 19.8 Å². The van der Waals surface area contributed by atoms with Crippen molar-refractivity contribution in [2.45, 2.75) is 51.9 Å². The molecule has 0 heterocycles. The Labute approximate surface area is 134 Å². The second-order valence-corrected chi connectivity index (χ2v) is 5.59. The van der Waals surface area contributed by atoms with Gasteiger partial charge in [0.1, 0.15) is 6.61 Å². The molecule has 0 bridgehead atoms. The normalized spacial score (nSPS) is 11.1. The third-order valence-electron chi connectivity index (χ3n) is 3.13. The maximum atomic E-state index is 11.4. The summed E-state index contributed by atoms with van der Waals surface area (Å²) in [7, 11) is 3.79. The standard InChI is InChI=1S/C17H31NO4/c1-4-5-6-7-8-9-10-14-21-16(19)11-12-17(20)22-15-13-18(2)3/h11-12H,4-10,13-15H2,1-3H3/b12-11+. The summed E-state index contributed by atoms with van der Waals surface area (Å²) >= 11 is 0. The fourth-order valence-corrected chi connectivity index (χ4v) is 1.79. The average Bonchev–Trinajstić information content (AvgIpc) is 2.47. The van der Waals surface area contributed by atoms with Gasteiger partial charge in [0.25, 0.3) is 0 Å². The monoisotopic (exact) mass is 313 g/mol. The lowest BCUT2D eigenvalue weighted by Gasteiger charge is -2.08. The van der Waals surface area contributed by atoms with Crippen molar-refractivity contribution in [1.29, 1.82) is 0 Å². The van der Waals surface area contributed by atoms with E-state index >= 15 is 0 Å². The Kier molecular flexibility index (Phi) is 13.7. The van der Waals surface area contributed by atoms with Crippen molar-refractivity contribution in [1.82, 2.24) is 4.90 Å². The lowest BCUT2D eigenvalue weighted by atomic mass is 10.1. The summed E-state index contributed by atoms with van der Waals surface area (Å²) in [6.45, 7) is 3.57. The molecule has 0 fully saturated rings. The minimum atomic E-state index is -0.519. The van der Waals surface area contributed by atoms with E-state index in [0.717, 1.165) is 25.0 Å². The second kappa shape index (κ2) is 14.6. The molecule has 0 aliphatic heterocycles. The zero-order chi connectivity index (χ0) is 16.6. The Bertz CT molecular complexity index is 327. The molecule has 0 spiro atoms. The molecule has 0 rings (SSSR count). The molecule has 0 radical (unpaired) electrons. The van der Waals surface area contributed by atoms with Crippen LogP contribution >= 0.6 is 0 Å². The second-order valence-electron chi connectivity index (χ2n) is 5.59. The van der Waals surface area contributed by atoms with E-state index < -0.39 is 11.9 Å². The molecule has 0 aromatic carbocycles. The number of hydrogen-bond donors (Lipinski definition) is 0. The van der Waals surface area contributed by atoms with Gasteiger partial charge in [0.15, 0.2) is 0 Å². The number of likely N-dealkylation sites (N-methyl/N-ethyl adjacent to an activating group) is 1. The highest BCUT2D eigenvalue weighted by Gasteiger charge is 2.01. The topological polar surface area (TPSA) is 55.8 Å². The van der Waals surface area contributed by atoms with Gasteiger partial charge in [-0.25, -0.2) is 9.59 Å². The van der Waals surface area contributed by atoms with E-state index in [9.17, 15) is 9.59 Å². The largest absolute Gasteiger partial charge is 0.463 e. The van der Waals surface area contributed by atoms with E-state index in [1.807, 2.05) is 19.0 Å². The van der Waals surface area contributed by atoms with E-state index in [1.165, 1.54) is 32.1 Å². The maximum absolute atomic E-state index is 11.4. The first-order valence-electron chi connectivity index (χ1n) is 8.22. The number of hydrogen-bond acceptors (Lipinski definition) is 5. The molecule has 0 aromatic heterocycles. The first-order valence-corrected chi connectivity index (χ1v) is 8.22. The molecule has 5 heteroatoms. The average molecular weight is 313 g/mol. The Hall–Kier alpha value is -1.36. The lowest BCUT2D eigenvalue weighted by molar-refractivity contribution is -0.140. The molecule has 0 aromatic rings. The van der Waals surface area contributed by atoms with Crippen molar-refractivity contribution < 1.29 is 19.1 Å². The van der Waals surface area contributed by atoms with E-state index in [4.69, 9.17) is 9.47 Å². The highest BCUT2D eigenvalue weighted by Crippen LogP contribution is 2.06. The number of nitrogens with zero attached hydrogens (tertiary/aromatic N) is 1. The van der Waals surface area contributed by atoms with Crippen molar-refractivity contribution in [2.24, 2.45) is 0 Å². The minimum absolute atomic E-state index is 0.309. The molecule has 5 nitrogen and oxygen atoms in total. The van der Waals surface area contributed by atoms with Crippen LogP contribution in [0.15, 0.2) is 12.2 Å². The van der Waals surface area contributed by atoms with Gasteiger partial charge in [-0.15, -0.1) is 0 Å². The van der Waals surface area contributed by atoms with Crippen LogP contribution in [0, 0.1) is 0 Å². The maximum Gasteiger partial charge on any atom is 0.331 e. The van der Waals surface area contributed by atoms with Gasteiger partial charge < -0.3 is 14.4 Å². The Morgan fingerprint density at radius 1 is 0.818 bits per heavy atom. The summed E-state index contributed by atoms with van der Waals surface area (Å²) < 4.78 is 9.94. The van der Waals surface area contributed by atoms with Crippen molar-refractivity contribution in [2.75, 3.05) is 33.9 Å². The van der Waals surface area contributed by atoms with Gasteiger partial charge in [-0.1, -0.05) is 45.4 Å². The van der Waals surface area contributed by atoms with E-state index in [2.05, 4.69) is 6.92 Å². The predicted octanol–water partition coefficient (Wildman–Crippen LogP) is 2.94. The van der Waals surface area contributed by atoms with Crippen LogP contribution in [-0.4, -0.2) is 50.7 Å². The molecule has 0 N–H and O–H groups in total. The molecule has 0 saturated heterocycles. The lowest BCUT2D eigenvalue weighted by Crippen LogP contribution is -2.19. The Balaban J connectivity index is 3.51. The SMILES string of the molecule is CCCCCCCCCOC(=O)/C=C/C(=O)OCCN(C)C. The smallest absolute Gasteiger partial charge is 0.331 e. The van der Waals surface area contributed by atoms with Gasteiger partial charge in [0.05, 0.1) is 6.61 Å². The molecule has 0 aliphatic carbocycles. The van der Waals surface area contributed by atoms with Gasteiger partial charge in [-0.05, 0) is 20.5 Å². The van der Waals surface area contributed by atoms with Crippen molar-refractivity contribution >= 4 is 11.9 Å². The fraction of sp³-hybridized carbons (Fsp3) is 0.765. The van der Waals surface area contributed by atoms with Gasteiger partial charge in [0.2, 0.25) is 0 Å². The summed E-state index contributed by atoms with van der Waals surface area (Å²) in [5.74, 6) is -1.01. The Morgan fingerprint density at radius 2 is 1.32 bits per heavy atom. The molecule has 0 amide bonds. The summed E-state index contributed by atoms with van der Waals surface area (Å²) in [4.78, 5) is 24.6. The zero-order valence-corrected chi connectivity index (χ0v) is 14.3. The minimum Gasteiger partial charge on any atom is -0.463 e. The van der Waals surface area contributed by atoms with Crippen LogP contribution in [0.3, 0.4) is 0 Å². The van der Waals surface area contributed by atoms with Crippen LogP contribution in [0.1, 0.15) is 51.9 Å². The summed E-state index contributed by atoms with van der Waals surface area (Å²) in [5, 5.41) is 0. The molecular formula is C17H31NO4. The van der Waals surface area contributed by atoms with E-state index in [-0.39, 0.29) is 0 Å². The van der Waals surface area contributed by atoms with Gasteiger partial charge in [-0.3, -0.25) is 0 Å². The van der Waals surface area contributed by atoms with Crippen LogP contribution in [0.25, 0.3) is 0 Å². The number of rotatable bonds is 13. The third kappa shape index (κ3) is 15.0. The van der Waals surface area contributed by atoms with Crippen molar-refractivity contribution in [3.05, 3.63) is 12.2 Å². The number of carbonyl (C=O) groups is 2. The van der Waals surface area contributed by atoms with E-state index in [1.54, 1.807) is 0 Å². The molecule has 0 atom stereocenters. The predicted molar refractivity (Wildman–Crippen MR) is 87.6 cm³/mol. The van der Waals surface area contributed by atoms with Crippen LogP contribution in [-0.2, 0) is 19.1 Å². The van der Waals surface area contributed by atoms with Gasteiger partial charge in [-0.2, -0.15) is 0 Å². The molecule has 0 unspecified atom stereocenters. The van der Waals surface area contributed by atoms with Gasteiger partial charge >= 0.3 is 11.9 Å². The summed E-state index contributed by atoms with van der Waals surface area (Å²) in [6, 6.07) is 0. The van der Waals surface area contributed by atoms with Crippen LogP contribution in [0.5, 0.6) is 0 Å². The quantitative estimate of drug-likeness (QED) is 0.297. The van der Waals surface area contributed by atoms with Crippen molar-refractivity contribution in [3.63, 3.8) is 0 Å².